The summed E-state index contributed by atoms with van der Waals surface area (Å²) in [7, 11) is 0. The lowest BCUT2D eigenvalue weighted by atomic mass is 10.1. The number of likely N-dealkylation sites (tertiary alicyclic amines) is 1. The predicted octanol–water partition coefficient (Wildman–Crippen LogP) is 2.73. The summed E-state index contributed by atoms with van der Waals surface area (Å²) in [4.78, 5) is 21.8. The first-order chi connectivity index (χ1) is 11.6. The molecule has 134 valence electrons. The fraction of sp³-hybridized carbons (Fsp3) is 0.789. The van der Waals surface area contributed by atoms with Gasteiger partial charge in [-0.3, -0.25) is 9.69 Å². The quantitative estimate of drug-likeness (QED) is 0.771. The lowest BCUT2D eigenvalue weighted by Crippen LogP contribution is -2.46. The summed E-state index contributed by atoms with van der Waals surface area (Å²) >= 11 is 0. The fourth-order valence-corrected chi connectivity index (χ4v) is 3.87. The van der Waals surface area contributed by atoms with Crippen LogP contribution in [0.25, 0.3) is 0 Å². The number of imidazole rings is 1. The van der Waals surface area contributed by atoms with Crippen LogP contribution < -0.4 is 0 Å². The van der Waals surface area contributed by atoms with E-state index in [-0.39, 0.29) is 0 Å². The summed E-state index contributed by atoms with van der Waals surface area (Å²) in [5.74, 6) is 2.03. The number of rotatable bonds is 7. The zero-order valence-electron chi connectivity index (χ0n) is 15.4. The van der Waals surface area contributed by atoms with E-state index in [1.165, 1.54) is 19.3 Å². The van der Waals surface area contributed by atoms with Gasteiger partial charge in [0.2, 0.25) is 5.91 Å². The second kappa shape index (κ2) is 7.68. The highest BCUT2D eigenvalue weighted by Gasteiger charge is 2.34. The zero-order chi connectivity index (χ0) is 17.1. The van der Waals surface area contributed by atoms with E-state index in [1.807, 2.05) is 6.20 Å². The summed E-state index contributed by atoms with van der Waals surface area (Å²) in [6.45, 7) is 10.0. The van der Waals surface area contributed by atoms with Crippen LogP contribution in [0.5, 0.6) is 0 Å². The molecule has 5 heteroatoms. The maximum absolute atomic E-state index is 12.8. The van der Waals surface area contributed by atoms with Gasteiger partial charge < -0.3 is 9.47 Å². The number of amides is 1. The number of hydrogen-bond acceptors (Lipinski definition) is 3. The zero-order valence-corrected chi connectivity index (χ0v) is 15.4. The van der Waals surface area contributed by atoms with Crippen LogP contribution in [0.15, 0.2) is 12.4 Å². The molecule has 0 aromatic carbocycles. The van der Waals surface area contributed by atoms with Crippen LogP contribution in [-0.4, -0.2) is 57.5 Å². The van der Waals surface area contributed by atoms with Gasteiger partial charge >= 0.3 is 0 Å². The van der Waals surface area contributed by atoms with Gasteiger partial charge in [-0.05, 0) is 38.1 Å². The Labute approximate surface area is 146 Å². The largest absolute Gasteiger partial charge is 0.338 e. The van der Waals surface area contributed by atoms with E-state index in [0.29, 0.717) is 30.5 Å². The van der Waals surface area contributed by atoms with Gasteiger partial charge in [-0.15, -0.1) is 0 Å². The van der Waals surface area contributed by atoms with Crippen molar-refractivity contribution in [2.75, 3.05) is 26.2 Å². The summed E-state index contributed by atoms with van der Waals surface area (Å²) in [6.07, 6.45) is 9.70. The monoisotopic (exact) mass is 332 g/mol. The SMILES string of the molecule is CCc1nccn1C1CCCN(CC(=O)N(CC(C)C)C2CC2)C1. The van der Waals surface area contributed by atoms with Crippen molar-refractivity contribution in [3.8, 4) is 0 Å². The Balaban J connectivity index is 1.59. The van der Waals surface area contributed by atoms with Gasteiger partial charge in [0.25, 0.3) is 0 Å². The Kier molecular flexibility index (Phi) is 5.59. The van der Waals surface area contributed by atoms with Gasteiger partial charge in [-0.2, -0.15) is 0 Å². The molecule has 1 aliphatic carbocycles. The first-order valence-electron chi connectivity index (χ1n) is 9.62. The second-order valence-corrected chi connectivity index (χ2v) is 7.81. The van der Waals surface area contributed by atoms with Gasteiger partial charge in [0.05, 0.1) is 6.54 Å². The Bertz CT molecular complexity index is 549. The molecule has 24 heavy (non-hydrogen) atoms. The normalized spacial score (nSPS) is 22.1. The molecular weight excluding hydrogens is 300 g/mol. The number of aromatic nitrogens is 2. The van der Waals surface area contributed by atoms with Crippen LogP contribution in [0.3, 0.4) is 0 Å². The van der Waals surface area contributed by atoms with Crippen molar-refractivity contribution in [2.24, 2.45) is 5.92 Å². The highest BCUT2D eigenvalue weighted by molar-refractivity contribution is 5.79. The van der Waals surface area contributed by atoms with E-state index in [4.69, 9.17) is 0 Å². The lowest BCUT2D eigenvalue weighted by molar-refractivity contribution is -0.134. The van der Waals surface area contributed by atoms with E-state index in [0.717, 1.165) is 38.3 Å². The van der Waals surface area contributed by atoms with E-state index in [9.17, 15) is 4.79 Å². The smallest absolute Gasteiger partial charge is 0.237 e. The average molecular weight is 332 g/mol. The van der Waals surface area contributed by atoms with E-state index >= 15 is 0 Å². The molecule has 3 rings (SSSR count). The molecule has 2 fully saturated rings. The summed E-state index contributed by atoms with van der Waals surface area (Å²) < 4.78 is 2.32. The van der Waals surface area contributed by atoms with Crippen molar-refractivity contribution in [1.82, 2.24) is 19.4 Å². The molecule has 0 spiro atoms. The molecule has 1 aromatic heterocycles. The number of carbonyl (C=O) groups is 1. The van der Waals surface area contributed by atoms with Gasteiger partial charge in [0.15, 0.2) is 0 Å². The number of nitrogens with zero attached hydrogens (tertiary/aromatic N) is 4. The highest BCUT2D eigenvalue weighted by Crippen LogP contribution is 2.28. The Morgan fingerprint density at radius 3 is 2.83 bits per heavy atom. The molecule has 1 saturated heterocycles. The summed E-state index contributed by atoms with van der Waals surface area (Å²) in [5, 5.41) is 0. The van der Waals surface area contributed by atoms with Crippen LogP contribution in [0, 0.1) is 5.92 Å². The minimum absolute atomic E-state index is 0.327. The number of carbonyl (C=O) groups excluding carboxylic acids is 1. The Morgan fingerprint density at radius 1 is 1.38 bits per heavy atom. The van der Waals surface area contributed by atoms with Gasteiger partial charge in [0, 0.05) is 44.0 Å². The van der Waals surface area contributed by atoms with Crippen LogP contribution in [-0.2, 0) is 11.2 Å². The van der Waals surface area contributed by atoms with Gasteiger partial charge in [-0.1, -0.05) is 20.8 Å². The maximum Gasteiger partial charge on any atom is 0.237 e. The molecule has 1 atom stereocenters. The molecule has 2 aliphatic rings. The Hall–Kier alpha value is -1.36. The third-order valence-electron chi connectivity index (χ3n) is 5.17. The summed E-state index contributed by atoms with van der Waals surface area (Å²) in [5.41, 5.74) is 0. The fourth-order valence-electron chi connectivity index (χ4n) is 3.87. The van der Waals surface area contributed by atoms with Crippen molar-refractivity contribution in [3.63, 3.8) is 0 Å². The minimum atomic E-state index is 0.327. The van der Waals surface area contributed by atoms with E-state index < -0.39 is 0 Å². The van der Waals surface area contributed by atoms with Crippen molar-refractivity contribution >= 4 is 5.91 Å². The second-order valence-electron chi connectivity index (χ2n) is 7.81. The lowest BCUT2D eigenvalue weighted by Gasteiger charge is -2.35. The van der Waals surface area contributed by atoms with Gasteiger partial charge in [-0.25, -0.2) is 4.98 Å². The molecule has 1 saturated carbocycles. The molecule has 1 amide bonds. The minimum Gasteiger partial charge on any atom is -0.338 e. The molecule has 1 aliphatic heterocycles. The molecule has 0 radical (unpaired) electrons. The maximum atomic E-state index is 12.8. The molecule has 1 unspecified atom stereocenters. The number of aryl methyl sites for hydroxylation is 1. The topological polar surface area (TPSA) is 41.4 Å². The van der Waals surface area contributed by atoms with Crippen molar-refractivity contribution in [3.05, 3.63) is 18.2 Å². The Morgan fingerprint density at radius 2 is 2.17 bits per heavy atom. The first kappa shape index (κ1) is 17.5. The first-order valence-corrected chi connectivity index (χ1v) is 9.62. The molecule has 1 aromatic rings. The standard InChI is InChI=1S/C19H32N4O/c1-4-18-20-9-11-22(18)17-6-5-10-21(13-17)14-19(24)23(12-15(2)3)16-7-8-16/h9,11,15-17H,4-8,10,12-14H2,1-3H3. The average Bonchev–Trinajstić information content (AvgIpc) is 3.28. The van der Waals surface area contributed by atoms with Gasteiger partial charge in [0.1, 0.15) is 5.82 Å². The van der Waals surface area contributed by atoms with Crippen molar-refractivity contribution < 1.29 is 4.79 Å². The molecule has 0 bridgehead atoms. The van der Waals surface area contributed by atoms with Crippen LogP contribution >= 0.6 is 0 Å². The van der Waals surface area contributed by atoms with Crippen molar-refractivity contribution in [1.29, 1.82) is 0 Å². The van der Waals surface area contributed by atoms with Crippen LogP contribution in [0.4, 0.5) is 0 Å². The van der Waals surface area contributed by atoms with Crippen molar-refractivity contribution in [2.45, 2.75) is 65.0 Å². The molecular formula is C19H32N4O. The van der Waals surface area contributed by atoms with E-state index in [2.05, 4.69) is 46.3 Å². The number of piperidine rings is 1. The highest BCUT2D eigenvalue weighted by atomic mass is 16.2. The third-order valence-corrected chi connectivity index (χ3v) is 5.17. The van der Waals surface area contributed by atoms with Crippen LogP contribution in [0.2, 0.25) is 0 Å². The van der Waals surface area contributed by atoms with E-state index in [1.54, 1.807) is 0 Å². The molecule has 5 nitrogen and oxygen atoms in total. The molecule has 0 N–H and O–H groups in total. The third kappa shape index (κ3) is 4.18. The number of hydrogen-bond donors (Lipinski definition) is 0. The predicted molar refractivity (Wildman–Crippen MR) is 95.9 cm³/mol. The molecule has 2 heterocycles. The summed E-state index contributed by atoms with van der Waals surface area (Å²) in [6, 6.07) is 0.976. The van der Waals surface area contributed by atoms with Crippen LogP contribution in [0.1, 0.15) is 58.3 Å².